The van der Waals surface area contributed by atoms with E-state index in [0.29, 0.717) is 11.6 Å². The van der Waals surface area contributed by atoms with Crippen LogP contribution in [-0.4, -0.2) is 19.6 Å². The van der Waals surface area contributed by atoms with E-state index in [9.17, 15) is 4.79 Å². The normalized spacial score (nSPS) is 11.8. The molecular formula is C17H18ClNO2. The fourth-order valence-electron chi connectivity index (χ4n) is 2.09. The minimum atomic E-state index is -0.351. The summed E-state index contributed by atoms with van der Waals surface area (Å²) in [6, 6.07) is 15.3. The largest absolute Gasteiger partial charge is 0.468 e. The Kier molecular flexibility index (Phi) is 5.23. The number of carbonyl (C=O) groups is 1. The number of aryl methyl sites for hydroxylation is 1. The van der Waals surface area contributed by atoms with Gasteiger partial charge in [-0.25, -0.2) is 0 Å². The molecule has 1 atom stereocenters. The summed E-state index contributed by atoms with van der Waals surface area (Å²) in [4.78, 5) is 12.0. The van der Waals surface area contributed by atoms with E-state index >= 15 is 0 Å². The van der Waals surface area contributed by atoms with Crippen molar-refractivity contribution in [2.75, 3.05) is 19.0 Å². The molecule has 21 heavy (non-hydrogen) atoms. The maximum Gasteiger partial charge on any atom is 0.314 e. The maximum atomic E-state index is 12.0. The van der Waals surface area contributed by atoms with E-state index in [1.165, 1.54) is 7.11 Å². The van der Waals surface area contributed by atoms with Crippen molar-refractivity contribution < 1.29 is 9.53 Å². The molecule has 0 aliphatic rings. The quantitative estimate of drug-likeness (QED) is 0.848. The molecule has 1 unspecified atom stereocenters. The lowest BCUT2D eigenvalue weighted by atomic mass is 9.99. The van der Waals surface area contributed by atoms with E-state index in [0.717, 1.165) is 16.8 Å². The lowest BCUT2D eigenvalue weighted by Gasteiger charge is -2.17. The van der Waals surface area contributed by atoms with E-state index in [4.69, 9.17) is 16.3 Å². The summed E-state index contributed by atoms with van der Waals surface area (Å²) in [6.45, 7) is 2.41. The highest BCUT2D eigenvalue weighted by Gasteiger charge is 2.20. The highest BCUT2D eigenvalue weighted by atomic mass is 35.5. The Morgan fingerprint density at radius 2 is 1.95 bits per heavy atom. The summed E-state index contributed by atoms with van der Waals surface area (Å²) in [5.74, 6) is -0.608. The fraction of sp³-hybridized carbons (Fsp3) is 0.235. The van der Waals surface area contributed by atoms with E-state index in [-0.39, 0.29) is 11.9 Å². The second-order valence-electron chi connectivity index (χ2n) is 4.83. The van der Waals surface area contributed by atoms with Crippen LogP contribution in [0.1, 0.15) is 17.0 Å². The molecule has 1 N–H and O–H groups in total. The van der Waals surface area contributed by atoms with E-state index < -0.39 is 0 Å². The number of methoxy groups -OCH3 is 1. The smallest absolute Gasteiger partial charge is 0.314 e. The van der Waals surface area contributed by atoms with Crippen molar-refractivity contribution in [2.24, 2.45) is 0 Å². The second kappa shape index (κ2) is 7.14. The van der Waals surface area contributed by atoms with Crippen LogP contribution in [0.2, 0.25) is 5.02 Å². The average molecular weight is 304 g/mol. The number of halogens is 1. The Bertz CT molecular complexity index is 613. The van der Waals surface area contributed by atoms with Crippen LogP contribution in [0.4, 0.5) is 5.69 Å². The van der Waals surface area contributed by atoms with Crippen LogP contribution in [0.15, 0.2) is 48.5 Å². The molecule has 0 bridgehead atoms. The van der Waals surface area contributed by atoms with Gasteiger partial charge >= 0.3 is 5.97 Å². The van der Waals surface area contributed by atoms with Crippen LogP contribution in [0.25, 0.3) is 0 Å². The van der Waals surface area contributed by atoms with Gasteiger partial charge in [-0.15, -0.1) is 0 Å². The van der Waals surface area contributed by atoms with Crippen molar-refractivity contribution in [3.8, 4) is 0 Å². The van der Waals surface area contributed by atoms with Crippen LogP contribution in [0, 0.1) is 6.92 Å². The predicted molar refractivity (Wildman–Crippen MR) is 85.9 cm³/mol. The molecule has 0 saturated carbocycles. The number of hydrogen-bond donors (Lipinski definition) is 1. The van der Waals surface area contributed by atoms with Crippen molar-refractivity contribution in [1.82, 2.24) is 0 Å². The molecule has 110 valence electrons. The zero-order valence-electron chi connectivity index (χ0n) is 12.1. The Labute approximate surface area is 129 Å². The van der Waals surface area contributed by atoms with Gasteiger partial charge in [-0.2, -0.15) is 0 Å². The monoisotopic (exact) mass is 303 g/mol. The first-order valence-electron chi connectivity index (χ1n) is 6.74. The molecule has 0 fully saturated rings. The summed E-state index contributed by atoms with van der Waals surface area (Å²) in [6.07, 6.45) is 0. The van der Waals surface area contributed by atoms with Gasteiger partial charge in [0, 0.05) is 17.3 Å². The number of rotatable bonds is 5. The molecule has 0 heterocycles. The zero-order valence-corrected chi connectivity index (χ0v) is 12.9. The number of benzene rings is 2. The highest BCUT2D eigenvalue weighted by molar-refractivity contribution is 6.31. The summed E-state index contributed by atoms with van der Waals surface area (Å²) >= 11 is 6.10. The number of esters is 1. The van der Waals surface area contributed by atoms with Crippen molar-refractivity contribution >= 4 is 23.3 Å². The molecule has 2 aromatic carbocycles. The fourth-order valence-corrected chi connectivity index (χ4v) is 2.27. The van der Waals surface area contributed by atoms with Crippen LogP contribution in [0.5, 0.6) is 0 Å². The third-order valence-corrected chi connectivity index (χ3v) is 3.78. The van der Waals surface area contributed by atoms with Gasteiger partial charge in [-0.1, -0.05) is 48.0 Å². The maximum absolute atomic E-state index is 12.0. The average Bonchev–Trinajstić information content (AvgIpc) is 2.51. The number of anilines is 1. The molecule has 4 heteroatoms. The number of carbonyl (C=O) groups excluding carboxylic acids is 1. The van der Waals surface area contributed by atoms with E-state index in [2.05, 4.69) is 5.32 Å². The van der Waals surface area contributed by atoms with Crippen molar-refractivity contribution in [1.29, 1.82) is 0 Å². The van der Waals surface area contributed by atoms with E-state index in [1.54, 1.807) is 0 Å². The third-order valence-electron chi connectivity index (χ3n) is 3.37. The lowest BCUT2D eigenvalue weighted by molar-refractivity contribution is -0.142. The molecular weight excluding hydrogens is 286 g/mol. The molecule has 0 aromatic heterocycles. The molecule has 0 amide bonds. The molecule has 0 radical (unpaired) electrons. The van der Waals surface area contributed by atoms with E-state index in [1.807, 2.05) is 55.5 Å². The molecule has 0 aliphatic heterocycles. The van der Waals surface area contributed by atoms with Gasteiger partial charge in [0.25, 0.3) is 0 Å². The highest BCUT2D eigenvalue weighted by Crippen LogP contribution is 2.22. The molecule has 2 rings (SSSR count). The first kappa shape index (κ1) is 15.4. The van der Waals surface area contributed by atoms with Gasteiger partial charge in [0.2, 0.25) is 0 Å². The van der Waals surface area contributed by atoms with Crippen LogP contribution >= 0.6 is 11.6 Å². The van der Waals surface area contributed by atoms with Crippen molar-refractivity contribution in [3.05, 3.63) is 64.7 Å². The second-order valence-corrected chi connectivity index (χ2v) is 5.24. The minimum Gasteiger partial charge on any atom is -0.468 e. The first-order valence-corrected chi connectivity index (χ1v) is 7.12. The number of hydrogen-bond acceptors (Lipinski definition) is 3. The van der Waals surface area contributed by atoms with Gasteiger partial charge in [0.05, 0.1) is 13.0 Å². The number of nitrogens with one attached hydrogen (secondary N) is 1. The lowest BCUT2D eigenvalue weighted by Crippen LogP contribution is -2.22. The summed E-state index contributed by atoms with van der Waals surface area (Å²) in [5, 5.41) is 3.94. The minimum absolute atomic E-state index is 0.257. The molecule has 0 saturated heterocycles. The van der Waals surface area contributed by atoms with Crippen LogP contribution in [-0.2, 0) is 9.53 Å². The van der Waals surface area contributed by atoms with Gasteiger partial charge in [-0.3, -0.25) is 4.79 Å². The Morgan fingerprint density at radius 3 is 2.57 bits per heavy atom. The Morgan fingerprint density at radius 1 is 1.24 bits per heavy atom. The summed E-state index contributed by atoms with van der Waals surface area (Å²) in [7, 11) is 1.40. The predicted octanol–water partition coefficient (Wildman–Crippen LogP) is 4.02. The first-order chi connectivity index (χ1) is 10.1. The van der Waals surface area contributed by atoms with Crippen molar-refractivity contribution in [2.45, 2.75) is 12.8 Å². The van der Waals surface area contributed by atoms with Crippen LogP contribution < -0.4 is 5.32 Å². The number of ether oxygens (including phenoxy) is 1. The van der Waals surface area contributed by atoms with Gasteiger partial charge < -0.3 is 10.1 Å². The van der Waals surface area contributed by atoms with Gasteiger partial charge in [0.15, 0.2) is 0 Å². The standard InChI is InChI=1S/C17H18ClNO2/c1-12-8-9-14(10-16(12)18)19-11-15(17(20)21-2)13-6-4-3-5-7-13/h3-10,15,19H,11H2,1-2H3. The molecule has 0 spiro atoms. The molecule has 0 aliphatic carbocycles. The topological polar surface area (TPSA) is 38.3 Å². The van der Waals surface area contributed by atoms with Gasteiger partial charge in [-0.05, 0) is 30.2 Å². The Balaban J connectivity index is 2.12. The molecule has 3 nitrogen and oxygen atoms in total. The zero-order chi connectivity index (χ0) is 15.2. The molecule has 2 aromatic rings. The summed E-state index contributed by atoms with van der Waals surface area (Å²) in [5.41, 5.74) is 2.83. The SMILES string of the molecule is COC(=O)C(CNc1ccc(C)c(Cl)c1)c1ccccc1. The van der Waals surface area contributed by atoms with Crippen LogP contribution in [0.3, 0.4) is 0 Å². The third kappa shape index (κ3) is 3.99. The Hall–Kier alpha value is -2.00. The summed E-state index contributed by atoms with van der Waals surface area (Å²) < 4.78 is 4.89. The van der Waals surface area contributed by atoms with Gasteiger partial charge in [0.1, 0.15) is 0 Å². The van der Waals surface area contributed by atoms with Crippen molar-refractivity contribution in [3.63, 3.8) is 0 Å².